The lowest BCUT2D eigenvalue weighted by Crippen LogP contribution is -2.04. The maximum absolute atomic E-state index is 11.1. The quantitative estimate of drug-likeness (QED) is 0.680. The Kier molecular flexibility index (Phi) is 6.34. The molecule has 0 amide bonds. The monoisotopic (exact) mass is 413 g/mol. The molecule has 7 heteroatoms. The van der Waals surface area contributed by atoms with Gasteiger partial charge in [0.15, 0.2) is 11.5 Å². The zero-order chi connectivity index (χ0) is 17.7. The summed E-state index contributed by atoms with van der Waals surface area (Å²) in [5.41, 5.74) is 1.68. The number of carboxylic acids is 1. The number of anilines is 1. The van der Waals surface area contributed by atoms with Crippen LogP contribution in [0.1, 0.15) is 22.8 Å². The number of methoxy groups -OCH3 is 1. The minimum atomic E-state index is -1.06. The normalized spacial score (nSPS) is 10.3. The van der Waals surface area contributed by atoms with E-state index in [9.17, 15) is 4.79 Å². The van der Waals surface area contributed by atoms with Gasteiger partial charge >= 0.3 is 5.97 Å². The van der Waals surface area contributed by atoms with Gasteiger partial charge in [-0.2, -0.15) is 0 Å². The Morgan fingerprint density at radius 3 is 2.71 bits per heavy atom. The molecule has 2 rings (SSSR count). The van der Waals surface area contributed by atoms with Crippen molar-refractivity contribution in [1.82, 2.24) is 0 Å². The number of benzene rings is 2. The third-order valence-electron chi connectivity index (χ3n) is 3.27. The van der Waals surface area contributed by atoms with Crippen molar-refractivity contribution in [1.29, 1.82) is 0 Å². The minimum absolute atomic E-state index is 0.0621. The molecule has 0 atom stereocenters. The van der Waals surface area contributed by atoms with Crippen molar-refractivity contribution < 1.29 is 19.4 Å². The molecule has 2 aromatic carbocycles. The number of carbonyl (C=O) groups is 1. The van der Waals surface area contributed by atoms with E-state index in [2.05, 4.69) is 21.2 Å². The van der Waals surface area contributed by atoms with E-state index < -0.39 is 5.97 Å². The number of nitrogens with one attached hydrogen (secondary N) is 1. The van der Waals surface area contributed by atoms with E-state index in [0.29, 0.717) is 30.3 Å². The second-order valence-electron chi connectivity index (χ2n) is 4.90. The third kappa shape index (κ3) is 4.33. The zero-order valence-electron chi connectivity index (χ0n) is 13.2. The number of hydrogen-bond donors (Lipinski definition) is 2. The summed E-state index contributed by atoms with van der Waals surface area (Å²) in [6.45, 7) is 2.93. The summed E-state index contributed by atoms with van der Waals surface area (Å²) >= 11 is 9.35. The fourth-order valence-corrected chi connectivity index (χ4v) is 2.97. The minimum Gasteiger partial charge on any atom is -0.493 e. The first-order valence-electron chi connectivity index (χ1n) is 7.22. The van der Waals surface area contributed by atoms with Crippen LogP contribution in [-0.2, 0) is 6.54 Å². The predicted octanol–water partition coefficient (Wildman–Crippen LogP) is 4.82. The van der Waals surface area contributed by atoms with Crippen molar-refractivity contribution in [2.45, 2.75) is 13.5 Å². The Balaban J connectivity index is 2.19. The predicted molar refractivity (Wildman–Crippen MR) is 97.6 cm³/mol. The summed E-state index contributed by atoms with van der Waals surface area (Å²) in [7, 11) is 1.58. The van der Waals surface area contributed by atoms with Crippen molar-refractivity contribution >= 4 is 39.2 Å². The summed E-state index contributed by atoms with van der Waals surface area (Å²) < 4.78 is 11.7. The molecule has 0 bridgehead atoms. The van der Waals surface area contributed by atoms with E-state index in [0.717, 1.165) is 10.0 Å². The number of rotatable bonds is 7. The van der Waals surface area contributed by atoms with Gasteiger partial charge in [-0.25, -0.2) is 4.79 Å². The van der Waals surface area contributed by atoms with Crippen LogP contribution in [0.3, 0.4) is 0 Å². The fraction of sp³-hybridized carbons (Fsp3) is 0.235. The van der Waals surface area contributed by atoms with Crippen LogP contribution in [0.15, 0.2) is 34.8 Å². The molecule has 0 aliphatic rings. The number of carboxylic acid groups (broad SMARTS) is 1. The van der Waals surface area contributed by atoms with Crippen molar-refractivity contribution in [2.24, 2.45) is 0 Å². The van der Waals surface area contributed by atoms with Gasteiger partial charge < -0.3 is 19.9 Å². The summed E-state index contributed by atoms with van der Waals surface area (Å²) in [6.07, 6.45) is 0. The molecule has 5 nitrogen and oxygen atoms in total. The van der Waals surface area contributed by atoms with Crippen LogP contribution < -0.4 is 14.8 Å². The fourth-order valence-electron chi connectivity index (χ4n) is 2.16. The molecule has 0 spiro atoms. The standard InChI is InChI=1S/C17H17BrClNO4/c1-3-24-16-13(18)6-10(7-15(16)23-2)9-20-11-4-5-14(19)12(8-11)17(21)22/h4-8,20H,3,9H2,1-2H3,(H,21,22). The molecule has 0 unspecified atom stereocenters. The summed E-state index contributed by atoms with van der Waals surface area (Å²) in [5, 5.41) is 12.5. The first-order chi connectivity index (χ1) is 11.5. The average Bonchev–Trinajstić information content (AvgIpc) is 2.55. The number of aromatic carboxylic acids is 1. The Labute approximate surface area is 153 Å². The maximum Gasteiger partial charge on any atom is 0.337 e. The van der Waals surface area contributed by atoms with E-state index >= 15 is 0 Å². The summed E-state index contributed by atoms with van der Waals surface area (Å²) in [6, 6.07) is 8.59. The zero-order valence-corrected chi connectivity index (χ0v) is 15.6. The van der Waals surface area contributed by atoms with E-state index in [4.69, 9.17) is 26.2 Å². The molecule has 0 saturated carbocycles. The van der Waals surface area contributed by atoms with Crippen molar-refractivity contribution in [2.75, 3.05) is 19.0 Å². The molecule has 2 aromatic rings. The lowest BCUT2D eigenvalue weighted by Gasteiger charge is -2.14. The number of hydrogen-bond acceptors (Lipinski definition) is 4. The lowest BCUT2D eigenvalue weighted by molar-refractivity contribution is 0.0697. The molecule has 2 N–H and O–H groups in total. The van der Waals surface area contributed by atoms with E-state index in [1.165, 1.54) is 6.07 Å². The van der Waals surface area contributed by atoms with Gasteiger partial charge in [0.25, 0.3) is 0 Å². The van der Waals surface area contributed by atoms with E-state index in [1.54, 1.807) is 19.2 Å². The molecule has 24 heavy (non-hydrogen) atoms. The van der Waals surface area contributed by atoms with Gasteiger partial charge in [-0.05, 0) is 58.7 Å². The topological polar surface area (TPSA) is 67.8 Å². The molecule has 0 aliphatic heterocycles. The maximum atomic E-state index is 11.1. The van der Waals surface area contributed by atoms with E-state index in [1.807, 2.05) is 19.1 Å². The highest BCUT2D eigenvalue weighted by molar-refractivity contribution is 9.10. The van der Waals surface area contributed by atoms with Gasteiger partial charge in [0.2, 0.25) is 0 Å². The smallest absolute Gasteiger partial charge is 0.337 e. The molecule has 0 saturated heterocycles. The van der Waals surface area contributed by atoms with Gasteiger partial charge in [0.05, 0.1) is 28.8 Å². The molecule has 0 heterocycles. The second-order valence-corrected chi connectivity index (χ2v) is 6.16. The highest BCUT2D eigenvalue weighted by Crippen LogP contribution is 2.36. The van der Waals surface area contributed by atoms with Crippen molar-refractivity contribution in [3.05, 3.63) is 51.0 Å². The molecule has 0 aliphatic carbocycles. The van der Waals surface area contributed by atoms with Gasteiger partial charge in [-0.15, -0.1) is 0 Å². The van der Waals surface area contributed by atoms with Crippen molar-refractivity contribution in [3.63, 3.8) is 0 Å². The van der Waals surface area contributed by atoms with Gasteiger partial charge in [0, 0.05) is 12.2 Å². The second kappa shape index (κ2) is 8.26. The SMILES string of the molecule is CCOc1c(Br)cc(CNc2ccc(Cl)c(C(=O)O)c2)cc1OC. The largest absolute Gasteiger partial charge is 0.493 e. The first-order valence-corrected chi connectivity index (χ1v) is 8.39. The van der Waals surface area contributed by atoms with Crippen LogP contribution in [0, 0.1) is 0 Å². The Bertz CT molecular complexity index is 752. The van der Waals surface area contributed by atoms with Crippen LogP contribution in [0.2, 0.25) is 5.02 Å². The van der Waals surface area contributed by atoms with Crippen LogP contribution in [0.5, 0.6) is 11.5 Å². The molecule has 0 aromatic heterocycles. The van der Waals surface area contributed by atoms with Crippen LogP contribution >= 0.6 is 27.5 Å². The van der Waals surface area contributed by atoms with Crippen LogP contribution in [0.25, 0.3) is 0 Å². The molecular weight excluding hydrogens is 398 g/mol. The summed E-state index contributed by atoms with van der Waals surface area (Å²) in [5.74, 6) is 0.225. The lowest BCUT2D eigenvalue weighted by atomic mass is 10.1. The van der Waals surface area contributed by atoms with Crippen LogP contribution in [-0.4, -0.2) is 24.8 Å². The summed E-state index contributed by atoms with van der Waals surface area (Å²) in [4.78, 5) is 11.1. The average molecular weight is 415 g/mol. The van der Waals surface area contributed by atoms with Gasteiger partial charge in [-0.1, -0.05) is 11.6 Å². The van der Waals surface area contributed by atoms with Crippen molar-refractivity contribution in [3.8, 4) is 11.5 Å². The van der Waals surface area contributed by atoms with Gasteiger partial charge in [0.1, 0.15) is 0 Å². The molecule has 128 valence electrons. The highest BCUT2D eigenvalue weighted by atomic mass is 79.9. The Morgan fingerprint density at radius 1 is 1.33 bits per heavy atom. The number of halogens is 2. The van der Waals surface area contributed by atoms with Crippen LogP contribution in [0.4, 0.5) is 5.69 Å². The molecule has 0 radical (unpaired) electrons. The van der Waals surface area contributed by atoms with Gasteiger partial charge in [-0.3, -0.25) is 0 Å². The molecular formula is C17H17BrClNO4. The highest BCUT2D eigenvalue weighted by Gasteiger charge is 2.12. The van der Waals surface area contributed by atoms with E-state index in [-0.39, 0.29) is 10.6 Å². The third-order valence-corrected chi connectivity index (χ3v) is 4.19. The first kappa shape index (κ1) is 18.4. The Hall–Kier alpha value is -1.92. The number of ether oxygens (including phenoxy) is 2. The Morgan fingerprint density at radius 2 is 2.08 bits per heavy atom. The molecule has 0 fully saturated rings.